The molecule has 2 nitrogen and oxygen atoms in total. The van der Waals surface area contributed by atoms with E-state index in [-0.39, 0.29) is 6.10 Å². The van der Waals surface area contributed by atoms with Crippen LogP contribution < -0.4 is 0 Å². The standard InChI is InChI=1S/C22H38O2/c1-13-11-19(14(2)23)22(4)10-8-17-16-7-9-21(3,24)12-15(16)5-6-18(17)20(13)22/h13-20,23-24H,5-12H2,1-4H3/t13-,14?,15-,16+,17-,18-,19?,20+,21-,22-/m1/s1. The van der Waals surface area contributed by atoms with Crippen LogP contribution >= 0.6 is 0 Å². The molecule has 0 aromatic carbocycles. The third-order valence-corrected chi connectivity index (χ3v) is 9.20. The summed E-state index contributed by atoms with van der Waals surface area (Å²) in [7, 11) is 0. The Hall–Kier alpha value is -0.0800. The molecule has 0 aromatic rings. The van der Waals surface area contributed by atoms with Crippen LogP contribution in [0, 0.1) is 46.8 Å². The van der Waals surface area contributed by atoms with Crippen molar-refractivity contribution in [1.29, 1.82) is 0 Å². The summed E-state index contributed by atoms with van der Waals surface area (Å²) in [4.78, 5) is 0. The zero-order valence-electron chi connectivity index (χ0n) is 16.2. The summed E-state index contributed by atoms with van der Waals surface area (Å²) >= 11 is 0. The maximum absolute atomic E-state index is 10.5. The second-order valence-electron chi connectivity index (χ2n) is 10.7. The summed E-state index contributed by atoms with van der Waals surface area (Å²) < 4.78 is 0. The smallest absolute Gasteiger partial charge is 0.0622 e. The molecule has 2 unspecified atom stereocenters. The Kier molecular flexibility index (Phi) is 4.12. The zero-order valence-corrected chi connectivity index (χ0v) is 16.2. The number of hydrogen-bond acceptors (Lipinski definition) is 2. The summed E-state index contributed by atoms with van der Waals surface area (Å²) in [6.45, 7) is 9.05. The van der Waals surface area contributed by atoms with Gasteiger partial charge in [-0.15, -0.1) is 0 Å². The van der Waals surface area contributed by atoms with Crippen LogP contribution in [0.2, 0.25) is 0 Å². The lowest BCUT2D eigenvalue weighted by molar-refractivity contribution is -0.111. The minimum absolute atomic E-state index is 0.153. The summed E-state index contributed by atoms with van der Waals surface area (Å²) in [5.41, 5.74) is -0.0446. The fourth-order valence-electron chi connectivity index (χ4n) is 8.43. The molecule has 4 fully saturated rings. The molecule has 0 saturated heterocycles. The number of aliphatic hydroxyl groups excluding tert-OH is 1. The molecule has 0 aromatic heterocycles. The molecule has 138 valence electrons. The molecule has 4 rings (SSSR count). The van der Waals surface area contributed by atoms with Gasteiger partial charge in [-0.1, -0.05) is 13.8 Å². The third kappa shape index (κ3) is 2.50. The molecule has 0 radical (unpaired) electrons. The quantitative estimate of drug-likeness (QED) is 0.734. The third-order valence-electron chi connectivity index (χ3n) is 9.20. The molecular formula is C22H38O2. The summed E-state index contributed by atoms with van der Waals surface area (Å²) in [5.74, 6) is 5.50. The minimum atomic E-state index is -0.407. The predicted molar refractivity (Wildman–Crippen MR) is 97.5 cm³/mol. The van der Waals surface area contributed by atoms with Crippen LogP contribution in [-0.2, 0) is 0 Å². The molecule has 10 atom stereocenters. The van der Waals surface area contributed by atoms with E-state index in [1.54, 1.807) is 0 Å². The first-order valence-electron chi connectivity index (χ1n) is 10.6. The summed E-state index contributed by atoms with van der Waals surface area (Å²) in [6, 6.07) is 0. The van der Waals surface area contributed by atoms with Crippen molar-refractivity contribution in [2.24, 2.45) is 46.8 Å². The lowest BCUT2D eigenvalue weighted by Gasteiger charge is -2.57. The summed E-state index contributed by atoms with van der Waals surface area (Å²) in [5, 5.41) is 20.9. The van der Waals surface area contributed by atoms with E-state index in [2.05, 4.69) is 20.8 Å². The second-order valence-corrected chi connectivity index (χ2v) is 10.7. The molecule has 2 heteroatoms. The first-order valence-corrected chi connectivity index (χ1v) is 10.6. The van der Waals surface area contributed by atoms with Crippen molar-refractivity contribution in [2.75, 3.05) is 0 Å². The van der Waals surface area contributed by atoms with Crippen molar-refractivity contribution in [2.45, 2.75) is 90.8 Å². The maximum Gasteiger partial charge on any atom is 0.0622 e. The van der Waals surface area contributed by atoms with Gasteiger partial charge in [-0.25, -0.2) is 0 Å². The van der Waals surface area contributed by atoms with Crippen LogP contribution in [0.5, 0.6) is 0 Å². The topological polar surface area (TPSA) is 40.5 Å². The molecule has 0 spiro atoms. The van der Waals surface area contributed by atoms with Gasteiger partial charge in [-0.3, -0.25) is 0 Å². The highest BCUT2D eigenvalue weighted by Crippen LogP contribution is 2.66. The highest BCUT2D eigenvalue weighted by molar-refractivity contribution is 5.09. The van der Waals surface area contributed by atoms with Crippen molar-refractivity contribution in [3.63, 3.8) is 0 Å². The van der Waals surface area contributed by atoms with Crippen molar-refractivity contribution >= 4 is 0 Å². The fraction of sp³-hybridized carbons (Fsp3) is 1.00. The van der Waals surface area contributed by atoms with Crippen LogP contribution in [0.25, 0.3) is 0 Å². The molecule has 4 aliphatic carbocycles. The Bertz CT molecular complexity index is 484. The Labute approximate surface area is 148 Å². The van der Waals surface area contributed by atoms with Crippen molar-refractivity contribution < 1.29 is 10.2 Å². The van der Waals surface area contributed by atoms with Crippen molar-refractivity contribution in [3.8, 4) is 0 Å². The molecule has 0 amide bonds. The fourth-order valence-corrected chi connectivity index (χ4v) is 8.43. The highest BCUT2D eigenvalue weighted by atomic mass is 16.3. The van der Waals surface area contributed by atoms with E-state index in [1.165, 1.54) is 38.5 Å². The molecule has 0 aliphatic heterocycles. The number of fused-ring (bicyclic) bond motifs is 5. The van der Waals surface area contributed by atoms with E-state index in [0.29, 0.717) is 11.3 Å². The number of rotatable bonds is 1. The van der Waals surface area contributed by atoms with Gasteiger partial charge < -0.3 is 10.2 Å². The monoisotopic (exact) mass is 334 g/mol. The second kappa shape index (κ2) is 5.71. The Balaban J connectivity index is 1.58. The molecule has 4 aliphatic rings. The van der Waals surface area contributed by atoms with Gasteiger partial charge >= 0.3 is 0 Å². The van der Waals surface area contributed by atoms with Gasteiger partial charge in [0.15, 0.2) is 0 Å². The molecule has 0 bridgehead atoms. The van der Waals surface area contributed by atoms with Gasteiger partial charge in [-0.05, 0) is 112 Å². The first kappa shape index (κ1) is 17.3. The van der Waals surface area contributed by atoms with Gasteiger partial charge in [0, 0.05) is 0 Å². The van der Waals surface area contributed by atoms with Gasteiger partial charge in [-0.2, -0.15) is 0 Å². The lowest BCUT2D eigenvalue weighted by Crippen LogP contribution is -2.51. The van der Waals surface area contributed by atoms with E-state index < -0.39 is 5.60 Å². The van der Waals surface area contributed by atoms with E-state index in [9.17, 15) is 10.2 Å². The van der Waals surface area contributed by atoms with Crippen LogP contribution in [0.1, 0.15) is 79.1 Å². The maximum atomic E-state index is 10.5. The highest BCUT2D eigenvalue weighted by Gasteiger charge is 2.60. The molecule has 24 heavy (non-hydrogen) atoms. The van der Waals surface area contributed by atoms with Crippen molar-refractivity contribution in [1.82, 2.24) is 0 Å². The van der Waals surface area contributed by atoms with Gasteiger partial charge in [0.05, 0.1) is 11.7 Å². The van der Waals surface area contributed by atoms with Gasteiger partial charge in [0.1, 0.15) is 0 Å². The Morgan fingerprint density at radius 3 is 2.38 bits per heavy atom. The SMILES string of the molecule is CC(O)C1C[C@@H](C)[C@H]2[C@@H]3CC[C@@H]4C[C@](C)(O)CC[C@@H]4[C@H]3CC[C@]12C. The average Bonchev–Trinajstić information content (AvgIpc) is 2.77. The van der Waals surface area contributed by atoms with E-state index >= 15 is 0 Å². The van der Waals surface area contributed by atoms with Crippen LogP contribution in [0.4, 0.5) is 0 Å². The first-order chi connectivity index (χ1) is 11.2. The average molecular weight is 335 g/mol. The summed E-state index contributed by atoms with van der Waals surface area (Å²) in [6.07, 6.45) is 9.76. The normalized spacial score (nSPS) is 58.5. The van der Waals surface area contributed by atoms with Gasteiger partial charge in [0.2, 0.25) is 0 Å². The number of hydrogen-bond donors (Lipinski definition) is 2. The molecule has 0 heterocycles. The van der Waals surface area contributed by atoms with Crippen LogP contribution in [-0.4, -0.2) is 21.9 Å². The molecule has 2 N–H and O–H groups in total. The van der Waals surface area contributed by atoms with Crippen molar-refractivity contribution in [3.05, 3.63) is 0 Å². The van der Waals surface area contributed by atoms with Gasteiger partial charge in [0.25, 0.3) is 0 Å². The predicted octanol–water partition coefficient (Wildman–Crippen LogP) is 4.63. The Morgan fingerprint density at radius 1 is 0.958 bits per heavy atom. The molecule has 4 saturated carbocycles. The zero-order chi connectivity index (χ0) is 17.3. The van der Waals surface area contributed by atoms with Crippen LogP contribution in [0.15, 0.2) is 0 Å². The Morgan fingerprint density at radius 2 is 1.67 bits per heavy atom. The lowest BCUT2D eigenvalue weighted by atomic mass is 9.48. The van der Waals surface area contributed by atoms with E-state index in [4.69, 9.17) is 0 Å². The van der Waals surface area contributed by atoms with E-state index in [0.717, 1.165) is 48.3 Å². The van der Waals surface area contributed by atoms with E-state index in [1.807, 2.05) is 6.92 Å². The largest absolute Gasteiger partial charge is 0.393 e. The number of aliphatic hydroxyl groups is 2. The van der Waals surface area contributed by atoms with Crippen LogP contribution in [0.3, 0.4) is 0 Å². The molecular weight excluding hydrogens is 296 g/mol. The minimum Gasteiger partial charge on any atom is -0.393 e.